The molecule has 0 saturated heterocycles. The highest BCUT2D eigenvalue weighted by atomic mass is 16.5. The Bertz CT molecular complexity index is 3960. The van der Waals surface area contributed by atoms with E-state index in [-0.39, 0.29) is 12.0 Å². The Hall–Kier alpha value is -8.92. The standard InChI is InChI=1S/C66H43NO2/c1-3-13-42(14-4-1)49-37-50(43-15-5-2-6-16-43)39-51(38-49)48-32-36-62-60(41-48)59-40-47(44-25-27-45(28-26-44)53-19-11-21-57-55-17-7-9-23-63(55)68-65(53)57)31-35-61(59)67(62)52-33-29-46(30-34-52)54-20-12-22-58-56-18-8-10-24-64(56)69-66(54)58/h1-41,55,63H. The summed E-state index contributed by atoms with van der Waals surface area (Å²) in [5.74, 6) is 1.25. The van der Waals surface area contributed by atoms with Gasteiger partial charge in [-0.1, -0.05) is 182 Å². The first-order valence-corrected chi connectivity index (χ1v) is 23.8. The van der Waals surface area contributed by atoms with Crippen LogP contribution in [0.4, 0.5) is 0 Å². The Kier molecular flexibility index (Phi) is 9.03. The molecule has 2 aliphatic rings. The quantitative estimate of drug-likeness (QED) is 0.159. The number of para-hydroxylation sites is 3. The van der Waals surface area contributed by atoms with Crippen molar-refractivity contribution < 1.29 is 9.15 Å². The molecule has 1 aliphatic carbocycles. The summed E-state index contributed by atoms with van der Waals surface area (Å²) in [5.41, 5.74) is 20.4. The van der Waals surface area contributed by atoms with E-state index in [1.165, 1.54) is 55.3 Å². The van der Waals surface area contributed by atoms with E-state index in [0.29, 0.717) is 0 Å². The molecule has 0 amide bonds. The fourth-order valence-corrected chi connectivity index (χ4v) is 10.9. The van der Waals surface area contributed by atoms with E-state index < -0.39 is 0 Å². The fraction of sp³-hybridized carbons (Fsp3) is 0.0303. The number of hydrogen-bond donors (Lipinski definition) is 0. The van der Waals surface area contributed by atoms with Gasteiger partial charge in [-0.15, -0.1) is 0 Å². The Labute approximate surface area is 400 Å². The molecule has 10 aromatic carbocycles. The van der Waals surface area contributed by atoms with Crippen molar-refractivity contribution in [3.63, 3.8) is 0 Å². The third kappa shape index (κ3) is 6.58. The average Bonchev–Trinajstić information content (AvgIpc) is 4.11. The Balaban J connectivity index is 0.905. The first-order valence-electron chi connectivity index (χ1n) is 23.8. The molecule has 0 saturated carbocycles. The number of hydrogen-bond acceptors (Lipinski definition) is 2. The molecule has 3 nitrogen and oxygen atoms in total. The molecular weight excluding hydrogens is 839 g/mol. The smallest absolute Gasteiger partial charge is 0.143 e. The number of aromatic nitrogens is 1. The van der Waals surface area contributed by atoms with E-state index in [1.54, 1.807) is 0 Å². The van der Waals surface area contributed by atoms with Crippen LogP contribution < -0.4 is 4.74 Å². The van der Waals surface area contributed by atoms with Gasteiger partial charge >= 0.3 is 0 Å². The van der Waals surface area contributed by atoms with Crippen molar-refractivity contribution in [1.82, 2.24) is 4.57 Å². The van der Waals surface area contributed by atoms with Crippen LogP contribution in [0, 0.1) is 0 Å². The van der Waals surface area contributed by atoms with Gasteiger partial charge in [0.2, 0.25) is 0 Å². The Morgan fingerprint density at radius 3 is 1.58 bits per heavy atom. The predicted molar refractivity (Wildman–Crippen MR) is 286 cm³/mol. The number of allylic oxidation sites excluding steroid dienone is 2. The van der Waals surface area contributed by atoms with Gasteiger partial charge in [0.15, 0.2) is 0 Å². The highest BCUT2D eigenvalue weighted by molar-refractivity contribution is 6.12. The molecule has 3 heterocycles. The molecule has 2 unspecified atom stereocenters. The molecule has 0 radical (unpaired) electrons. The third-order valence-corrected chi connectivity index (χ3v) is 14.4. The highest BCUT2D eigenvalue weighted by Crippen LogP contribution is 2.47. The van der Waals surface area contributed by atoms with Gasteiger partial charge in [-0.25, -0.2) is 0 Å². The van der Waals surface area contributed by atoms with Gasteiger partial charge in [0, 0.05) is 49.8 Å². The summed E-state index contributed by atoms with van der Waals surface area (Å²) in [4.78, 5) is 0. The molecule has 3 heteroatoms. The number of furan rings is 1. The van der Waals surface area contributed by atoms with Crippen molar-refractivity contribution in [3.05, 3.63) is 254 Å². The number of benzene rings is 10. The first-order chi connectivity index (χ1) is 34.2. The maximum Gasteiger partial charge on any atom is 0.143 e. The molecular formula is C66H43NO2. The van der Waals surface area contributed by atoms with Gasteiger partial charge < -0.3 is 13.7 Å². The Morgan fingerprint density at radius 1 is 0.348 bits per heavy atom. The highest BCUT2D eigenvalue weighted by Gasteiger charge is 2.33. The van der Waals surface area contributed by atoms with E-state index in [4.69, 9.17) is 9.15 Å². The molecule has 0 fully saturated rings. The van der Waals surface area contributed by atoms with Crippen LogP contribution in [-0.2, 0) is 0 Å². The minimum absolute atomic E-state index is 0.0500. The zero-order valence-electron chi connectivity index (χ0n) is 37.6. The van der Waals surface area contributed by atoms with Crippen LogP contribution in [0.15, 0.2) is 253 Å². The minimum atomic E-state index is 0.0500. The van der Waals surface area contributed by atoms with Gasteiger partial charge in [0.05, 0.1) is 11.0 Å². The summed E-state index contributed by atoms with van der Waals surface area (Å²) in [6.45, 7) is 0. The summed E-state index contributed by atoms with van der Waals surface area (Å²) in [6, 6.07) is 81.6. The maximum absolute atomic E-state index is 6.55. The maximum atomic E-state index is 6.55. The zero-order chi connectivity index (χ0) is 45.4. The summed E-state index contributed by atoms with van der Waals surface area (Å²) in [6.07, 6.45) is 8.68. The predicted octanol–water partition coefficient (Wildman–Crippen LogP) is 17.7. The molecule has 69 heavy (non-hydrogen) atoms. The molecule has 0 N–H and O–H groups in total. The molecule has 1 aliphatic heterocycles. The van der Waals surface area contributed by atoms with Crippen LogP contribution in [0.25, 0.3) is 116 Å². The second kappa shape index (κ2) is 15.9. The summed E-state index contributed by atoms with van der Waals surface area (Å²) in [5, 5.41) is 4.66. The molecule has 0 bridgehead atoms. The van der Waals surface area contributed by atoms with Crippen LogP contribution in [0.2, 0.25) is 0 Å². The molecule has 0 spiro atoms. The van der Waals surface area contributed by atoms with E-state index >= 15 is 0 Å². The summed E-state index contributed by atoms with van der Waals surface area (Å²) in [7, 11) is 0. The first kappa shape index (κ1) is 39.3. The van der Waals surface area contributed by atoms with Gasteiger partial charge in [-0.3, -0.25) is 0 Å². The molecule has 2 aromatic heterocycles. The SMILES string of the molecule is C1=CC2Oc3c(-c4ccc(-c5ccc6c(c5)c5cc(-c7cc(-c8ccccc8)cc(-c8ccccc8)c7)ccc5n6-c5ccc(-c6cccc7c6oc6ccccc67)cc5)cc4)cccc3C2C=C1. The van der Waals surface area contributed by atoms with E-state index in [1.807, 2.05) is 12.1 Å². The molecule has 324 valence electrons. The number of rotatable bonds is 7. The zero-order valence-corrected chi connectivity index (χ0v) is 37.6. The van der Waals surface area contributed by atoms with Crippen LogP contribution >= 0.6 is 0 Å². The van der Waals surface area contributed by atoms with Gasteiger partial charge in [-0.05, 0) is 122 Å². The minimum Gasteiger partial charge on any atom is -0.484 e. The van der Waals surface area contributed by atoms with E-state index in [9.17, 15) is 0 Å². The number of fused-ring (bicyclic) bond motifs is 9. The van der Waals surface area contributed by atoms with Crippen molar-refractivity contribution in [3.8, 4) is 78.2 Å². The monoisotopic (exact) mass is 881 g/mol. The molecule has 14 rings (SSSR count). The summed E-state index contributed by atoms with van der Waals surface area (Å²) >= 11 is 0. The van der Waals surface area contributed by atoms with Crippen molar-refractivity contribution >= 4 is 43.7 Å². The number of ether oxygens (including phenoxy) is 1. The lowest BCUT2D eigenvalue weighted by molar-refractivity contribution is 0.270. The van der Waals surface area contributed by atoms with Gasteiger partial charge in [-0.2, -0.15) is 0 Å². The molecule has 12 aromatic rings. The topological polar surface area (TPSA) is 27.3 Å². The van der Waals surface area contributed by atoms with Crippen LogP contribution in [0.3, 0.4) is 0 Å². The lowest BCUT2D eigenvalue weighted by Gasteiger charge is -2.14. The van der Waals surface area contributed by atoms with Crippen LogP contribution in [0.1, 0.15) is 11.5 Å². The van der Waals surface area contributed by atoms with Gasteiger partial charge in [0.1, 0.15) is 23.0 Å². The largest absolute Gasteiger partial charge is 0.484 e. The summed E-state index contributed by atoms with van der Waals surface area (Å²) < 4.78 is 15.4. The lowest BCUT2D eigenvalue weighted by atomic mass is 9.90. The van der Waals surface area contributed by atoms with Crippen molar-refractivity contribution in [2.75, 3.05) is 0 Å². The fourth-order valence-electron chi connectivity index (χ4n) is 10.9. The third-order valence-electron chi connectivity index (χ3n) is 14.4. The normalized spacial score (nSPS) is 15.0. The Morgan fingerprint density at radius 2 is 0.870 bits per heavy atom. The average molecular weight is 882 g/mol. The second-order valence-electron chi connectivity index (χ2n) is 18.3. The van der Waals surface area contributed by atoms with E-state index in [2.05, 4.69) is 241 Å². The van der Waals surface area contributed by atoms with Crippen molar-refractivity contribution in [2.24, 2.45) is 0 Å². The van der Waals surface area contributed by atoms with Crippen molar-refractivity contribution in [2.45, 2.75) is 12.0 Å². The number of nitrogens with zero attached hydrogens (tertiary/aromatic N) is 1. The van der Waals surface area contributed by atoms with Gasteiger partial charge in [0.25, 0.3) is 0 Å². The lowest BCUT2D eigenvalue weighted by Crippen LogP contribution is -2.15. The van der Waals surface area contributed by atoms with Crippen LogP contribution in [-0.4, -0.2) is 10.7 Å². The molecule has 2 atom stereocenters. The second-order valence-corrected chi connectivity index (χ2v) is 18.3. The van der Waals surface area contributed by atoms with Crippen LogP contribution in [0.5, 0.6) is 5.75 Å². The van der Waals surface area contributed by atoms with E-state index in [0.717, 1.165) is 72.2 Å². The van der Waals surface area contributed by atoms with Crippen molar-refractivity contribution in [1.29, 1.82) is 0 Å².